The third-order valence-corrected chi connectivity index (χ3v) is 1.97. The number of pyridine rings is 1. The smallest absolute Gasteiger partial charge is 0.106 e. The normalized spacial score (nSPS) is 11.0. The van der Waals surface area contributed by atoms with Crippen molar-refractivity contribution in [2.75, 3.05) is 0 Å². The monoisotopic (exact) mass is 235 g/mol. The van der Waals surface area contributed by atoms with Gasteiger partial charge in [0.2, 0.25) is 0 Å². The van der Waals surface area contributed by atoms with Crippen molar-refractivity contribution < 1.29 is 0 Å². The molecule has 2 heteroatoms. The van der Waals surface area contributed by atoms with Gasteiger partial charge >= 0.3 is 0 Å². The molecule has 0 saturated heterocycles. The van der Waals surface area contributed by atoms with Gasteiger partial charge in [-0.1, -0.05) is 37.5 Å². The molecule has 1 rings (SSSR count). The molecule has 66 valence electrons. The van der Waals surface area contributed by atoms with Crippen LogP contribution in [0.25, 0.3) is 5.57 Å². The summed E-state index contributed by atoms with van der Waals surface area (Å²) in [5, 5.41) is 0. The van der Waals surface area contributed by atoms with Crippen LogP contribution in [0.2, 0.25) is 0 Å². The maximum atomic E-state index is 4.29. The van der Waals surface area contributed by atoms with E-state index in [4.69, 9.17) is 0 Å². The van der Waals surface area contributed by atoms with Gasteiger partial charge < -0.3 is 0 Å². The van der Waals surface area contributed by atoms with Crippen LogP contribution in [0.5, 0.6) is 0 Å². The van der Waals surface area contributed by atoms with Gasteiger partial charge in [-0.3, -0.25) is 0 Å². The molecule has 0 aliphatic rings. The van der Waals surface area contributed by atoms with E-state index in [-0.39, 0.29) is 0 Å². The molecule has 0 unspecified atom stereocenters. The Hall–Kier alpha value is -1.15. The fourth-order valence-corrected chi connectivity index (χ4v) is 1.30. The fourth-order valence-electron chi connectivity index (χ4n) is 0.954. The fraction of sp³-hybridized carbons (Fsp3) is 0. The Morgan fingerprint density at radius 3 is 2.69 bits per heavy atom. The third kappa shape index (κ3) is 2.67. The zero-order chi connectivity index (χ0) is 9.68. The second-order valence-corrected chi connectivity index (χ2v) is 3.22. The number of allylic oxidation sites excluding steroid dienone is 4. The summed E-state index contributed by atoms with van der Waals surface area (Å²) in [6.45, 7) is 7.35. The van der Waals surface area contributed by atoms with Gasteiger partial charge in [0.1, 0.15) is 4.60 Å². The molecule has 0 aliphatic carbocycles. The molecule has 1 aromatic heterocycles. The molecule has 1 aromatic rings. The third-order valence-electron chi connectivity index (χ3n) is 1.53. The summed E-state index contributed by atoms with van der Waals surface area (Å²) in [6, 6.07) is 5.76. The summed E-state index contributed by atoms with van der Waals surface area (Å²) in [5.41, 5.74) is 1.86. The second kappa shape index (κ2) is 4.77. The molecule has 0 bridgehead atoms. The van der Waals surface area contributed by atoms with Crippen LogP contribution in [0.15, 0.2) is 54.2 Å². The van der Waals surface area contributed by atoms with Gasteiger partial charge in [-0.15, -0.1) is 0 Å². The SMILES string of the molecule is C=C/C=C(\C=C)c1cccc(Br)n1. The topological polar surface area (TPSA) is 12.9 Å². The van der Waals surface area contributed by atoms with Crippen molar-refractivity contribution in [3.05, 3.63) is 59.9 Å². The van der Waals surface area contributed by atoms with Crippen molar-refractivity contribution in [1.29, 1.82) is 0 Å². The van der Waals surface area contributed by atoms with Crippen molar-refractivity contribution in [2.24, 2.45) is 0 Å². The van der Waals surface area contributed by atoms with Gasteiger partial charge in [0, 0.05) is 0 Å². The average molecular weight is 236 g/mol. The van der Waals surface area contributed by atoms with Crippen molar-refractivity contribution in [3.63, 3.8) is 0 Å². The highest BCUT2D eigenvalue weighted by Gasteiger charge is 1.97. The Morgan fingerprint density at radius 1 is 1.38 bits per heavy atom. The summed E-state index contributed by atoms with van der Waals surface area (Å²) in [6.07, 6.45) is 5.36. The lowest BCUT2D eigenvalue weighted by Crippen LogP contribution is -1.86. The second-order valence-electron chi connectivity index (χ2n) is 2.41. The Bertz CT molecular complexity index is 353. The molecule has 0 amide bonds. The van der Waals surface area contributed by atoms with E-state index in [0.29, 0.717) is 0 Å². The first-order valence-corrected chi connectivity index (χ1v) is 4.65. The quantitative estimate of drug-likeness (QED) is 0.577. The zero-order valence-corrected chi connectivity index (χ0v) is 8.79. The van der Waals surface area contributed by atoms with E-state index in [1.165, 1.54) is 0 Å². The van der Waals surface area contributed by atoms with Gasteiger partial charge in [0.15, 0.2) is 0 Å². The zero-order valence-electron chi connectivity index (χ0n) is 7.20. The number of aromatic nitrogens is 1. The molecule has 0 aromatic carbocycles. The largest absolute Gasteiger partial charge is 0.241 e. The van der Waals surface area contributed by atoms with Crippen LogP contribution < -0.4 is 0 Å². The molecule has 0 saturated carbocycles. The molecular weight excluding hydrogens is 226 g/mol. The molecule has 1 nitrogen and oxygen atoms in total. The summed E-state index contributed by atoms with van der Waals surface area (Å²) in [5.74, 6) is 0. The minimum absolute atomic E-state index is 0.821. The van der Waals surface area contributed by atoms with Crippen molar-refractivity contribution >= 4 is 21.5 Å². The summed E-state index contributed by atoms with van der Waals surface area (Å²) < 4.78 is 0.821. The first-order chi connectivity index (χ1) is 6.27. The van der Waals surface area contributed by atoms with Crippen LogP contribution in [-0.2, 0) is 0 Å². The summed E-state index contributed by atoms with van der Waals surface area (Å²) >= 11 is 3.31. The van der Waals surface area contributed by atoms with Crippen molar-refractivity contribution in [3.8, 4) is 0 Å². The predicted octanol–water partition coefficient (Wildman–Crippen LogP) is 3.60. The Morgan fingerprint density at radius 2 is 2.15 bits per heavy atom. The molecule has 0 fully saturated rings. The Kier molecular flexibility index (Phi) is 3.65. The molecule has 1 heterocycles. The van der Waals surface area contributed by atoms with Gasteiger partial charge in [0.25, 0.3) is 0 Å². The lowest BCUT2D eigenvalue weighted by molar-refractivity contribution is 1.24. The number of halogens is 1. The summed E-state index contributed by atoms with van der Waals surface area (Å²) in [4.78, 5) is 4.29. The minimum atomic E-state index is 0.821. The maximum Gasteiger partial charge on any atom is 0.106 e. The van der Waals surface area contributed by atoms with E-state index in [1.54, 1.807) is 12.2 Å². The Balaban J connectivity index is 3.12. The van der Waals surface area contributed by atoms with Crippen LogP contribution in [0, 0.1) is 0 Å². The highest BCUT2D eigenvalue weighted by atomic mass is 79.9. The number of hydrogen-bond acceptors (Lipinski definition) is 1. The molecule has 0 spiro atoms. The minimum Gasteiger partial charge on any atom is -0.241 e. The van der Waals surface area contributed by atoms with Gasteiger partial charge in [0.05, 0.1) is 5.69 Å². The van der Waals surface area contributed by atoms with E-state index in [1.807, 2.05) is 24.3 Å². The number of rotatable bonds is 3. The van der Waals surface area contributed by atoms with Crippen LogP contribution >= 0.6 is 15.9 Å². The first-order valence-electron chi connectivity index (χ1n) is 3.86. The van der Waals surface area contributed by atoms with Gasteiger partial charge in [-0.05, 0) is 33.6 Å². The predicted molar refractivity (Wildman–Crippen MR) is 60.3 cm³/mol. The van der Waals surface area contributed by atoms with Crippen LogP contribution in [-0.4, -0.2) is 4.98 Å². The van der Waals surface area contributed by atoms with E-state index < -0.39 is 0 Å². The molecule has 0 N–H and O–H groups in total. The molecule has 0 aliphatic heterocycles. The van der Waals surface area contributed by atoms with Gasteiger partial charge in [-0.25, -0.2) is 4.98 Å². The van der Waals surface area contributed by atoms with Crippen LogP contribution in [0.1, 0.15) is 5.69 Å². The van der Waals surface area contributed by atoms with Crippen LogP contribution in [0.4, 0.5) is 0 Å². The summed E-state index contributed by atoms with van der Waals surface area (Å²) in [7, 11) is 0. The van der Waals surface area contributed by atoms with E-state index >= 15 is 0 Å². The lowest BCUT2D eigenvalue weighted by atomic mass is 10.1. The molecule has 0 radical (unpaired) electrons. The highest BCUT2D eigenvalue weighted by Crippen LogP contribution is 2.15. The van der Waals surface area contributed by atoms with Crippen molar-refractivity contribution in [1.82, 2.24) is 4.98 Å². The molecule has 13 heavy (non-hydrogen) atoms. The molecule has 0 atom stereocenters. The number of hydrogen-bond donors (Lipinski definition) is 0. The molecular formula is C11H10BrN. The lowest BCUT2D eigenvalue weighted by Gasteiger charge is -2.00. The van der Waals surface area contributed by atoms with Crippen molar-refractivity contribution in [2.45, 2.75) is 0 Å². The van der Waals surface area contributed by atoms with E-state index in [0.717, 1.165) is 15.9 Å². The average Bonchev–Trinajstić information content (AvgIpc) is 2.14. The maximum absolute atomic E-state index is 4.29. The van der Waals surface area contributed by atoms with Crippen LogP contribution in [0.3, 0.4) is 0 Å². The first kappa shape index (κ1) is 9.93. The van der Waals surface area contributed by atoms with Gasteiger partial charge in [-0.2, -0.15) is 0 Å². The Labute approximate surface area is 86.6 Å². The standard InChI is InChI=1S/C11H10BrN/c1-3-6-9(4-2)10-7-5-8-11(12)13-10/h3-8H,1-2H2/b9-6+. The van der Waals surface area contributed by atoms with E-state index in [9.17, 15) is 0 Å². The highest BCUT2D eigenvalue weighted by molar-refractivity contribution is 9.10. The van der Waals surface area contributed by atoms with E-state index in [2.05, 4.69) is 34.1 Å². The number of nitrogens with zero attached hydrogens (tertiary/aromatic N) is 1.